The number of hydrogen-bond donors (Lipinski definition) is 2. The number of anilines is 1. The molecule has 0 saturated carbocycles. The van der Waals surface area contributed by atoms with Crippen LogP contribution in [0, 0.1) is 11.6 Å². The van der Waals surface area contributed by atoms with Crippen molar-refractivity contribution >= 4 is 21.8 Å². The molecular weight excluding hydrogens is 306 g/mol. The fraction of sp³-hybridized carbons (Fsp3) is 0. The number of carbonyl (C=O) groups is 1. The topological polar surface area (TPSA) is 96.4 Å². The minimum Gasteiger partial charge on any atom is -0.478 e. The van der Waals surface area contributed by atoms with E-state index in [9.17, 15) is 22.0 Å². The van der Waals surface area contributed by atoms with Crippen LogP contribution in [0.5, 0.6) is 0 Å². The molecule has 0 bridgehead atoms. The monoisotopic (exact) mass is 314 g/mol. The molecule has 0 fully saturated rings. The zero-order chi connectivity index (χ0) is 15.6. The summed E-state index contributed by atoms with van der Waals surface area (Å²) < 4.78 is 52.7. The van der Waals surface area contributed by atoms with Crippen LogP contribution in [0.15, 0.2) is 41.4 Å². The molecule has 2 N–H and O–H groups in total. The number of carboxylic acids is 1. The Morgan fingerprint density at radius 1 is 1.19 bits per heavy atom. The van der Waals surface area contributed by atoms with Gasteiger partial charge in [-0.25, -0.2) is 27.0 Å². The minimum atomic E-state index is -4.57. The summed E-state index contributed by atoms with van der Waals surface area (Å²) in [5, 5.41) is 8.79. The molecule has 0 spiro atoms. The molecular formula is C12H8F2N2O4S. The number of nitrogens with one attached hydrogen (secondary N) is 1. The van der Waals surface area contributed by atoms with E-state index >= 15 is 0 Å². The third-order valence-corrected chi connectivity index (χ3v) is 3.84. The molecule has 2 aromatic rings. The second kappa shape index (κ2) is 5.44. The number of carboxylic acid groups (broad SMARTS) is 1. The van der Waals surface area contributed by atoms with Crippen molar-refractivity contribution in [3.8, 4) is 0 Å². The zero-order valence-electron chi connectivity index (χ0n) is 10.2. The molecule has 2 rings (SSSR count). The summed E-state index contributed by atoms with van der Waals surface area (Å²) in [6, 6.07) is 4.67. The van der Waals surface area contributed by atoms with Gasteiger partial charge in [-0.15, -0.1) is 0 Å². The molecule has 21 heavy (non-hydrogen) atoms. The predicted octanol–water partition coefficient (Wildman–Crippen LogP) is 1.86. The summed E-state index contributed by atoms with van der Waals surface area (Å²) in [6.07, 6.45) is 1.05. The van der Waals surface area contributed by atoms with Gasteiger partial charge in [0, 0.05) is 6.20 Å². The Labute approximate surface area is 118 Å². The van der Waals surface area contributed by atoms with E-state index < -0.39 is 32.5 Å². The van der Waals surface area contributed by atoms with Gasteiger partial charge in [0.15, 0.2) is 4.90 Å². The molecule has 0 aliphatic rings. The van der Waals surface area contributed by atoms with Crippen LogP contribution >= 0.6 is 0 Å². The van der Waals surface area contributed by atoms with Crippen molar-refractivity contribution in [2.45, 2.75) is 4.90 Å². The molecule has 1 heterocycles. The van der Waals surface area contributed by atoms with Crippen LogP contribution in [-0.2, 0) is 10.0 Å². The molecule has 0 atom stereocenters. The maximum Gasteiger partial charge on any atom is 0.335 e. The average molecular weight is 314 g/mol. The lowest BCUT2D eigenvalue weighted by Crippen LogP contribution is -2.17. The van der Waals surface area contributed by atoms with E-state index in [1.165, 1.54) is 0 Å². The molecule has 0 saturated heterocycles. The van der Waals surface area contributed by atoms with E-state index in [1.54, 1.807) is 0 Å². The SMILES string of the molecule is O=C(O)c1ccnc(NS(=O)(=O)c2c(F)cccc2F)c1. The van der Waals surface area contributed by atoms with Gasteiger partial charge in [0.2, 0.25) is 0 Å². The number of benzene rings is 1. The maximum atomic E-state index is 13.5. The van der Waals surface area contributed by atoms with Gasteiger partial charge < -0.3 is 5.11 Å². The fourth-order valence-electron chi connectivity index (χ4n) is 1.55. The van der Waals surface area contributed by atoms with Crippen LogP contribution in [0.3, 0.4) is 0 Å². The van der Waals surface area contributed by atoms with E-state index in [0.717, 1.165) is 36.5 Å². The first-order valence-corrected chi connectivity index (χ1v) is 6.96. The first-order chi connectivity index (χ1) is 9.81. The van der Waals surface area contributed by atoms with Gasteiger partial charge in [0.1, 0.15) is 17.5 Å². The second-order valence-electron chi connectivity index (χ2n) is 3.89. The number of rotatable bonds is 4. The summed E-state index contributed by atoms with van der Waals surface area (Å²) in [6.45, 7) is 0. The number of nitrogens with zero attached hydrogens (tertiary/aromatic N) is 1. The third kappa shape index (κ3) is 3.14. The van der Waals surface area contributed by atoms with Crippen molar-refractivity contribution in [3.05, 3.63) is 53.7 Å². The predicted molar refractivity (Wildman–Crippen MR) is 68.4 cm³/mol. The largest absolute Gasteiger partial charge is 0.478 e. The van der Waals surface area contributed by atoms with Crippen molar-refractivity contribution in [1.82, 2.24) is 4.98 Å². The summed E-state index contributed by atoms with van der Waals surface area (Å²) in [7, 11) is -4.57. The van der Waals surface area contributed by atoms with E-state index in [4.69, 9.17) is 5.11 Å². The zero-order valence-corrected chi connectivity index (χ0v) is 11.1. The Morgan fingerprint density at radius 2 is 1.81 bits per heavy atom. The van der Waals surface area contributed by atoms with Gasteiger partial charge >= 0.3 is 5.97 Å². The van der Waals surface area contributed by atoms with E-state index in [2.05, 4.69) is 4.98 Å². The van der Waals surface area contributed by atoms with E-state index in [-0.39, 0.29) is 11.4 Å². The highest BCUT2D eigenvalue weighted by atomic mass is 32.2. The molecule has 6 nitrogen and oxygen atoms in total. The van der Waals surface area contributed by atoms with Gasteiger partial charge in [-0.05, 0) is 24.3 Å². The highest BCUT2D eigenvalue weighted by Crippen LogP contribution is 2.21. The molecule has 0 radical (unpaired) electrons. The molecule has 110 valence electrons. The van der Waals surface area contributed by atoms with Crippen LogP contribution < -0.4 is 4.72 Å². The van der Waals surface area contributed by atoms with Crippen molar-refractivity contribution in [3.63, 3.8) is 0 Å². The van der Waals surface area contributed by atoms with Gasteiger partial charge in [-0.1, -0.05) is 6.07 Å². The quantitative estimate of drug-likeness (QED) is 0.898. The standard InChI is InChI=1S/C12H8F2N2O4S/c13-8-2-1-3-9(14)11(8)21(19,20)16-10-6-7(12(17)18)4-5-15-10/h1-6H,(H,15,16)(H,17,18). The molecule has 1 aromatic carbocycles. The maximum absolute atomic E-state index is 13.5. The van der Waals surface area contributed by atoms with Crippen LogP contribution in [0.25, 0.3) is 0 Å². The van der Waals surface area contributed by atoms with Gasteiger partial charge in [0.05, 0.1) is 5.56 Å². The molecule has 0 unspecified atom stereocenters. The lowest BCUT2D eigenvalue weighted by molar-refractivity contribution is 0.0696. The molecule has 0 aliphatic heterocycles. The lowest BCUT2D eigenvalue weighted by Gasteiger charge is -2.09. The van der Waals surface area contributed by atoms with Crippen LogP contribution in [0.2, 0.25) is 0 Å². The summed E-state index contributed by atoms with van der Waals surface area (Å²) in [4.78, 5) is 13.2. The van der Waals surface area contributed by atoms with Crippen molar-refractivity contribution in [1.29, 1.82) is 0 Å². The Bertz CT molecular complexity index is 788. The van der Waals surface area contributed by atoms with E-state index in [0.29, 0.717) is 0 Å². The normalized spacial score (nSPS) is 11.1. The Balaban J connectivity index is 2.43. The van der Waals surface area contributed by atoms with Crippen LogP contribution in [-0.4, -0.2) is 24.5 Å². The van der Waals surface area contributed by atoms with Gasteiger partial charge in [-0.2, -0.15) is 0 Å². The number of sulfonamides is 1. The number of halogens is 2. The Hall–Kier alpha value is -2.55. The van der Waals surface area contributed by atoms with Crippen molar-refractivity contribution in [2.75, 3.05) is 4.72 Å². The van der Waals surface area contributed by atoms with Gasteiger partial charge in [-0.3, -0.25) is 4.72 Å². The van der Waals surface area contributed by atoms with Crippen LogP contribution in [0.1, 0.15) is 10.4 Å². The average Bonchev–Trinajstić information content (AvgIpc) is 2.37. The fourth-order valence-corrected chi connectivity index (χ4v) is 2.69. The second-order valence-corrected chi connectivity index (χ2v) is 5.51. The van der Waals surface area contributed by atoms with Crippen LogP contribution in [0.4, 0.5) is 14.6 Å². The summed E-state index contributed by atoms with van der Waals surface area (Å²) in [5.74, 6) is -4.19. The molecule has 0 aliphatic carbocycles. The third-order valence-electron chi connectivity index (χ3n) is 2.43. The highest BCUT2D eigenvalue weighted by molar-refractivity contribution is 7.92. The first-order valence-electron chi connectivity index (χ1n) is 5.47. The summed E-state index contributed by atoms with van der Waals surface area (Å²) >= 11 is 0. The highest BCUT2D eigenvalue weighted by Gasteiger charge is 2.24. The van der Waals surface area contributed by atoms with Crippen molar-refractivity contribution < 1.29 is 27.1 Å². The first kappa shape index (κ1) is 14.9. The number of pyridine rings is 1. The molecule has 0 amide bonds. The Kier molecular flexibility index (Phi) is 3.85. The molecule has 1 aromatic heterocycles. The summed E-state index contributed by atoms with van der Waals surface area (Å²) in [5.41, 5.74) is -0.225. The van der Waals surface area contributed by atoms with E-state index in [1.807, 2.05) is 4.72 Å². The smallest absolute Gasteiger partial charge is 0.335 e. The number of hydrogen-bond acceptors (Lipinski definition) is 4. The van der Waals surface area contributed by atoms with Crippen molar-refractivity contribution in [2.24, 2.45) is 0 Å². The lowest BCUT2D eigenvalue weighted by atomic mass is 10.3. The minimum absolute atomic E-state index is 0.225. The number of aromatic nitrogens is 1. The van der Waals surface area contributed by atoms with Gasteiger partial charge in [0.25, 0.3) is 10.0 Å². The Morgan fingerprint density at radius 3 is 2.38 bits per heavy atom. The molecule has 9 heteroatoms. The number of aromatic carboxylic acids is 1.